The molecule has 0 saturated heterocycles. The topological polar surface area (TPSA) is 110 Å². The fraction of sp³-hybridized carbons (Fsp3) is 1.00. The first-order valence-electron chi connectivity index (χ1n) is 4.13. The van der Waals surface area contributed by atoms with Crippen LogP contribution in [0.2, 0.25) is 0 Å². The average Bonchev–Trinajstić information content (AvgIpc) is 2.02. The molecule has 0 aliphatic rings. The Kier molecular flexibility index (Phi) is 12.4. The zero-order chi connectivity index (χ0) is 11.0. The predicted octanol–water partition coefficient (Wildman–Crippen LogP) is -4.50. The summed E-state index contributed by atoms with van der Waals surface area (Å²) in [6, 6.07) is 0. The van der Waals surface area contributed by atoms with E-state index >= 15 is 0 Å². The molecule has 88 valence electrons. The molecule has 0 aromatic heterocycles. The quantitative estimate of drug-likeness (QED) is 0.255. The first-order valence-corrected chi connectivity index (χ1v) is 5.67. The van der Waals surface area contributed by atoms with Gasteiger partial charge in [0, 0.05) is 19.6 Å². The molecule has 0 rings (SSSR count). The second-order valence-electron chi connectivity index (χ2n) is 2.61. The van der Waals surface area contributed by atoms with E-state index in [1.807, 2.05) is 0 Å². The van der Waals surface area contributed by atoms with Crippen LogP contribution in [0.1, 0.15) is 1.43 Å². The van der Waals surface area contributed by atoms with E-state index in [1.165, 1.54) is 0 Å². The van der Waals surface area contributed by atoms with Gasteiger partial charge in [-0.15, -0.1) is 0 Å². The van der Waals surface area contributed by atoms with Gasteiger partial charge in [-0.1, -0.05) is 0 Å². The van der Waals surface area contributed by atoms with Crippen molar-refractivity contribution >= 4 is 7.82 Å². The van der Waals surface area contributed by atoms with E-state index in [-0.39, 0.29) is 57.3 Å². The van der Waals surface area contributed by atoms with Crippen molar-refractivity contribution < 1.29 is 60.1 Å². The molecule has 0 aromatic rings. The molecule has 0 amide bonds. The van der Waals surface area contributed by atoms with Gasteiger partial charge in [0.1, 0.15) is 0 Å². The van der Waals surface area contributed by atoms with Crippen molar-refractivity contribution in [2.75, 3.05) is 39.5 Å². The van der Waals surface area contributed by atoms with Crippen molar-refractivity contribution in [2.24, 2.45) is 0 Å². The Balaban J connectivity index is -0.000000845. The first-order chi connectivity index (χ1) is 6.49. The maximum absolute atomic E-state index is 10.3. The van der Waals surface area contributed by atoms with Crippen LogP contribution in [0.4, 0.5) is 0 Å². The summed E-state index contributed by atoms with van der Waals surface area (Å²) in [6.45, 7) is 0.651. The summed E-state index contributed by atoms with van der Waals surface area (Å²) in [6.07, 6.45) is 0. The van der Waals surface area contributed by atoms with Crippen LogP contribution in [0.25, 0.3) is 0 Å². The Bertz CT molecular complexity index is 188. The molecule has 7 nitrogen and oxygen atoms in total. The van der Waals surface area contributed by atoms with E-state index in [0.29, 0.717) is 13.1 Å². The summed E-state index contributed by atoms with van der Waals surface area (Å²) >= 11 is 0. The minimum absolute atomic E-state index is 0. The zero-order valence-electron chi connectivity index (χ0n) is 9.74. The van der Waals surface area contributed by atoms with Gasteiger partial charge in [-0.2, -0.15) is 0 Å². The van der Waals surface area contributed by atoms with Gasteiger partial charge in [0.25, 0.3) is 0 Å². The summed E-state index contributed by atoms with van der Waals surface area (Å²) in [5.41, 5.74) is 0. The van der Waals surface area contributed by atoms with Gasteiger partial charge in [0.15, 0.2) is 0 Å². The van der Waals surface area contributed by atoms with Gasteiger partial charge < -0.3 is 21.4 Å². The molecule has 0 spiro atoms. The number of phosphoric ester groups is 1. The van der Waals surface area contributed by atoms with E-state index in [4.69, 9.17) is 20.0 Å². The standard InChI is InChI=1S/C6H16NO6P.Na.H/c8-4-1-7(2-5-9)3-6-13-14(10,11)12;;/h8-9H,1-6H2,(H2,10,11,12);;/q;+1;-1. The van der Waals surface area contributed by atoms with Crippen molar-refractivity contribution in [2.45, 2.75) is 0 Å². The van der Waals surface area contributed by atoms with Gasteiger partial charge in [0.05, 0.1) is 19.8 Å². The van der Waals surface area contributed by atoms with Gasteiger partial charge in [-0.25, -0.2) is 4.57 Å². The number of aliphatic hydroxyl groups is 2. The smallest absolute Gasteiger partial charge is 1.00 e. The van der Waals surface area contributed by atoms with E-state index in [0.717, 1.165) is 0 Å². The summed E-state index contributed by atoms with van der Waals surface area (Å²) in [5, 5.41) is 17.2. The number of rotatable bonds is 8. The molecule has 15 heavy (non-hydrogen) atoms. The number of aliphatic hydroxyl groups excluding tert-OH is 2. The monoisotopic (exact) mass is 253 g/mol. The summed E-state index contributed by atoms with van der Waals surface area (Å²) in [7, 11) is -4.41. The molecule has 0 fully saturated rings. The Morgan fingerprint density at radius 1 is 1.13 bits per heavy atom. The number of phosphoric acid groups is 1. The summed E-state index contributed by atoms with van der Waals surface area (Å²) < 4.78 is 14.5. The predicted molar refractivity (Wildman–Crippen MR) is 49.7 cm³/mol. The van der Waals surface area contributed by atoms with Crippen LogP contribution in [-0.4, -0.2) is 64.4 Å². The van der Waals surface area contributed by atoms with Gasteiger partial charge in [-0.05, 0) is 0 Å². The minimum Gasteiger partial charge on any atom is -1.00 e. The van der Waals surface area contributed by atoms with E-state index < -0.39 is 7.82 Å². The van der Waals surface area contributed by atoms with Crippen LogP contribution in [0.5, 0.6) is 0 Å². The van der Waals surface area contributed by atoms with Crippen LogP contribution < -0.4 is 29.6 Å². The largest absolute Gasteiger partial charge is 1.00 e. The molecule has 0 aliphatic heterocycles. The van der Waals surface area contributed by atoms with Gasteiger partial charge >= 0.3 is 37.4 Å². The Labute approximate surface area is 112 Å². The molecular formula is C6H17NNaO6P. The minimum atomic E-state index is -4.41. The summed E-state index contributed by atoms with van der Waals surface area (Å²) in [4.78, 5) is 18.4. The van der Waals surface area contributed by atoms with Crippen molar-refractivity contribution in [1.29, 1.82) is 0 Å². The van der Waals surface area contributed by atoms with Crippen LogP contribution in [0, 0.1) is 0 Å². The van der Waals surface area contributed by atoms with Crippen molar-refractivity contribution in [1.82, 2.24) is 4.90 Å². The fourth-order valence-corrected chi connectivity index (χ4v) is 1.23. The van der Waals surface area contributed by atoms with Crippen molar-refractivity contribution in [3.05, 3.63) is 0 Å². The van der Waals surface area contributed by atoms with Crippen molar-refractivity contribution in [3.63, 3.8) is 0 Å². The third-order valence-corrected chi connectivity index (χ3v) is 2.02. The fourth-order valence-electron chi connectivity index (χ4n) is 0.907. The molecule has 0 saturated carbocycles. The zero-order valence-corrected chi connectivity index (χ0v) is 11.6. The number of hydrogen-bond donors (Lipinski definition) is 4. The Morgan fingerprint density at radius 2 is 1.60 bits per heavy atom. The van der Waals surface area contributed by atoms with Gasteiger partial charge in [-0.3, -0.25) is 9.42 Å². The van der Waals surface area contributed by atoms with Crippen LogP contribution in [0.15, 0.2) is 0 Å². The second-order valence-corrected chi connectivity index (χ2v) is 3.85. The second kappa shape index (κ2) is 10.2. The van der Waals surface area contributed by atoms with Crippen LogP contribution in [0.3, 0.4) is 0 Å². The molecule has 0 heterocycles. The number of hydrogen-bond acceptors (Lipinski definition) is 5. The van der Waals surface area contributed by atoms with E-state index in [9.17, 15) is 4.57 Å². The third kappa shape index (κ3) is 12.9. The first kappa shape index (κ1) is 18.4. The molecule has 0 bridgehead atoms. The molecule has 0 aromatic carbocycles. The van der Waals surface area contributed by atoms with E-state index in [1.54, 1.807) is 4.90 Å². The maximum Gasteiger partial charge on any atom is 1.00 e. The van der Waals surface area contributed by atoms with Gasteiger partial charge in [0.2, 0.25) is 0 Å². The molecule has 0 radical (unpaired) electrons. The molecule has 0 atom stereocenters. The van der Waals surface area contributed by atoms with Crippen LogP contribution >= 0.6 is 7.82 Å². The molecule has 9 heteroatoms. The van der Waals surface area contributed by atoms with Crippen LogP contribution in [-0.2, 0) is 9.09 Å². The average molecular weight is 253 g/mol. The third-order valence-electron chi connectivity index (χ3n) is 1.50. The van der Waals surface area contributed by atoms with E-state index in [2.05, 4.69) is 4.52 Å². The maximum atomic E-state index is 10.3. The molecule has 0 aliphatic carbocycles. The van der Waals surface area contributed by atoms with Crippen molar-refractivity contribution in [3.8, 4) is 0 Å². The molecule has 4 N–H and O–H groups in total. The molecular weight excluding hydrogens is 236 g/mol. The molecule has 0 unspecified atom stereocenters. The number of nitrogens with zero attached hydrogens (tertiary/aromatic N) is 1. The SMILES string of the molecule is O=P(O)(O)OCCN(CCO)CCO.[H-].[Na+]. The Hall–Kier alpha value is 0.990. The normalized spacial score (nSPS) is 11.5. The Morgan fingerprint density at radius 3 is 1.93 bits per heavy atom. The summed E-state index contributed by atoms with van der Waals surface area (Å²) in [5.74, 6) is 0.